The lowest BCUT2D eigenvalue weighted by Crippen LogP contribution is -2.33. The van der Waals surface area contributed by atoms with Crippen LogP contribution >= 0.6 is 0 Å². The third kappa shape index (κ3) is 5.75. The van der Waals surface area contributed by atoms with Gasteiger partial charge >= 0.3 is 6.03 Å². The first-order chi connectivity index (χ1) is 7.74. The highest BCUT2D eigenvalue weighted by molar-refractivity contribution is 5.74. The summed E-state index contributed by atoms with van der Waals surface area (Å²) in [4.78, 5) is 11.3. The van der Waals surface area contributed by atoms with Crippen molar-refractivity contribution in [3.8, 4) is 0 Å². The minimum atomic E-state index is -0.128. The SMILES string of the molecule is CCOCCCNC(=O)N/C=C(\C)C1CC1. The van der Waals surface area contributed by atoms with E-state index in [2.05, 4.69) is 17.6 Å². The van der Waals surface area contributed by atoms with E-state index in [-0.39, 0.29) is 6.03 Å². The lowest BCUT2D eigenvalue weighted by Gasteiger charge is -2.05. The van der Waals surface area contributed by atoms with Crippen molar-refractivity contribution >= 4 is 6.03 Å². The largest absolute Gasteiger partial charge is 0.382 e. The Balaban J connectivity index is 2.00. The number of rotatable bonds is 7. The molecule has 0 heterocycles. The maximum absolute atomic E-state index is 11.3. The van der Waals surface area contributed by atoms with E-state index in [4.69, 9.17) is 4.74 Å². The number of ether oxygens (including phenoxy) is 1. The first-order valence-corrected chi connectivity index (χ1v) is 6.02. The van der Waals surface area contributed by atoms with Gasteiger partial charge in [-0.3, -0.25) is 0 Å². The van der Waals surface area contributed by atoms with E-state index < -0.39 is 0 Å². The van der Waals surface area contributed by atoms with Crippen molar-refractivity contribution in [1.29, 1.82) is 0 Å². The number of amides is 2. The molecule has 0 bridgehead atoms. The number of carbonyl (C=O) groups excluding carboxylic acids is 1. The van der Waals surface area contributed by atoms with Gasteiger partial charge < -0.3 is 15.4 Å². The molecule has 1 aliphatic rings. The number of hydrogen-bond donors (Lipinski definition) is 2. The molecule has 0 radical (unpaired) electrons. The van der Waals surface area contributed by atoms with Crippen molar-refractivity contribution < 1.29 is 9.53 Å². The van der Waals surface area contributed by atoms with Crippen molar-refractivity contribution in [3.05, 3.63) is 11.8 Å². The Bertz CT molecular complexity index is 247. The minimum absolute atomic E-state index is 0.128. The number of carbonyl (C=O) groups is 1. The van der Waals surface area contributed by atoms with Gasteiger partial charge in [-0.25, -0.2) is 4.79 Å². The van der Waals surface area contributed by atoms with Crippen LogP contribution < -0.4 is 10.6 Å². The molecule has 1 rings (SSSR count). The quantitative estimate of drug-likeness (QED) is 0.653. The molecule has 0 aliphatic heterocycles. The van der Waals surface area contributed by atoms with E-state index in [0.29, 0.717) is 19.1 Å². The molecule has 1 fully saturated rings. The Labute approximate surface area is 97.4 Å². The fraction of sp³-hybridized carbons (Fsp3) is 0.750. The van der Waals surface area contributed by atoms with Crippen molar-refractivity contribution in [2.45, 2.75) is 33.1 Å². The zero-order valence-corrected chi connectivity index (χ0v) is 10.2. The van der Waals surface area contributed by atoms with Gasteiger partial charge in [-0.05, 0) is 39.0 Å². The summed E-state index contributed by atoms with van der Waals surface area (Å²) in [5.74, 6) is 0.707. The molecule has 0 aromatic heterocycles. The molecule has 2 amide bonds. The predicted molar refractivity (Wildman–Crippen MR) is 64.1 cm³/mol. The lowest BCUT2D eigenvalue weighted by molar-refractivity contribution is 0.145. The normalized spacial score (nSPS) is 16.0. The monoisotopic (exact) mass is 226 g/mol. The summed E-state index contributed by atoms with van der Waals surface area (Å²) in [5.41, 5.74) is 1.27. The Morgan fingerprint density at radius 3 is 2.88 bits per heavy atom. The first kappa shape index (κ1) is 13.0. The molecule has 4 nitrogen and oxygen atoms in total. The van der Waals surface area contributed by atoms with Crippen LogP contribution in [0.2, 0.25) is 0 Å². The molecular weight excluding hydrogens is 204 g/mol. The molecular formula is C12H22N2O2. The summed E-state index contributed by atoms with van der Waals surface area (Å²) in [6.45, 7) is 6.12. The van der Waals surface area contributed by atoms with E-state index in [0.717, 1.165) is 13.0 Å². The van der Waals surface area contributed by atoms with Crippen molar-refractivity contribution in [2.24, 2.45) is 5.92 Å². The molecule has 0 unspecified atom stereocenters. The Kier molecular flexibility index (Phi) is 5.93. The van der Waals surface area contributed by atoms with Gasteiger partial charge in [0.15, 0.2) is 0 Å². The molecule has 4 heteroatoms. The van der Waals surface area contributed by atoms with Crippen LogP contribution in [-0.2, 0) is 4.74 Å². The van der Waals surface area contributed by atoms with E-state index in [1.165, 1.54) is 18.4 Å². The minimum Gasteiger partial charge on any atom is -0.382 e. The lowest BCUT2D eigenvalue weighted by atomic mass is 10.2. The van der Waals surface area contributed by atoms with Gasteiger partial charge in [0.2, 0.25) is 0 Å². The van der Waals surface area contributed by atoms with Crippen molar-refractivity contribution in [3.63, 3.8) is 0 Å². The first-order valence-electron chi connectivity index (χ1n) is 6.02. The Morgan fingerprint density at radius 2 is 2.25 bits per heavy atom. The summed E-state index contributed by atoms with van der Waals surface area (Å²) in [5, 5.41) is 5.52. The van der Waals surface area contributed by atoms with Crippen molar-refractivity contribution in [2.75, 3.05) is 19.8 Å². The summed E-state index contributed by atoms with van der Waals surface area (Å²) >= 11 is 0. The van der Waals surface area contributed by atoms with Crippen LogP contribution in [0, 0.1) is 5.92 Å². The Hall–Kier alpha value is -1.03. The fourth-order valence-electron chi connectivity index (χ4n) is 1.41. The highest BCUT2D eigenvalue weighted by Gasteiger charge is 2.22. The topological polar surface area (TPSA) is 50.4 Å². The predicted octanol–water partition coefficient (Wildman–Crippen LogP) is 2.03. The second-order valence-electron chi connectivity index (χ2n) is 4.11. The molecule has 0 aromatic carbocycles. The summed E-state index contributed by atoms with van der Waals surface area (Å²) in [6.07, 6.45) is 5.20. The summed E-state index contributed by atoms with van der Waals surface area (Å²) in [7, 11) is 0. The average Bonchev–Trinajstić information content (AvgIpc) is 3.09. The van der Waals surface area contributed by atoms with Gasteiger partial charge in [0, 0.05) is 26.0 Å². The highest BCUT2D eigenvalue weighted by atomic mass is 16.5. The Morgan fingerprint density at radius 1 is 1.50 bits per heavy atom. The fourth-order valence-corrected chi connectivity index (χ4v) is 1.41. The van der Waals surface area contributed by atoms with E-state index in [1.807, 2.05) is 13.1 Å². The molecule has 1 saturated carbocycles. The van der Waals surface area contributed by atoms with Gasteiger partial charge in [-0.2, -0.15) is 0 Å². The van der Waals surface area contributed by atoms with Gasteiger partial charge in [-0.1, -0.05) is 5.57 Å². The summed E-state index contributed by atoms with van der Waals surface area (Å²) < 4.78 is 5.17. The summed E-state index contributed by atoms with van der Waals surface area (Å²) in [6, 6.07) is -0.128. The second-order valence-corrected chi connectivity index (χ2v) is 4.11. The van der Waals surface area contributed by atoms with Crippen LogP contribution in [0.15, 0.2) is 11.8 Å². The second kappa shape index (κ2) is 7.28. The van der Waals surface area contributed by atoms with Crippen LogP contribution in [0.25, 0.3) is 0 Å². The molecule has 16 heavy (non-hydrogen) atoms. The van der Waals surface area contributed by atoms with Crippen LogP contribution in [0.4, 0.5) is 4.79 Å². The number of hydrogen-bond acceptors (Lipinski definition) is 2. The molecule has 0 atom stereocenters. The highest BCUT2D eigenvalue weighted by Crippen LogP contribution is 2.35. The van der Waals surface area contributed by atoms with Crippen LogP contribution in [0.5, 0.6) is 0 Å². The molecule has 92 valence electrons. The molecule has 0 aromatic rings. The van der Waals surface area contributed by atoms with Gasteiger partial charge in [0.1, 0.15) is 0 Å². The zero-order chi connectivity index (χ0) is 11.8. The molecule has 0 saturated heterocycles. The van der Waals surface area contributed by atoms with Gasteiger partial charge in [0.05, 0.1) is 0 Å². The third-order valence-electron chi connectivity index (χ3n) is 2.61. The van der Waals surface area contributed by atoms with Gasteiger partial charge in [0.25, 0.3) is 0 Å². The maximum atomic E-state index is 11.3. The standard InChI is InChI=1S/C12H22N2O2/c1-3-16-8-4-7-13-12(15)14-9-10(2)11-5-6-11/h9,11H,3-8H2,1-2H3,(H2,13,14,15)/b10-9+. The number of allylic oxidation sites excluding steroid dienone is 1. The molecule has 1 aliphatic carbocycles. The molecule has 2 N–H and O–H groups in total. The number of nitrogens with one attached hydrogen (secondary N) is 2. The smallest absolute Gasteiger partial charge is 0.318 e. The van der Waals surface area contributed by atoms with Gasteiger partial charge in [-0.15, -0.1) is 0 Å². The molecule has 0 spiro atoms. The number of urea groups is 1. The zero-order valence-electron chi connectivity index (χ0n) is 10.2. The van der Waals surface area contributed by atoms with E-state index in [9.17, 15) is 4.79 Å². The van der Waals surface area contributed by atoms with E-state index >= 15 is 0 Å². The van der Waals surface area contributed by atoms with E-state index in [1.54, 1.807) is 0 Å². The van der Waals surface area contributed by atoms with Crippen molar-refractivity contribution in [1.82, 2.24) is 10.6 Å². The average molecular weight is 226 g/mol. The van der Waals surface area contributed by atoms with Crippen LogP contribution in [-0.4, -0.2) is 25.8 Å². The van der Waals surface area contributed by atoms with Crippen LogP contribution in [0.3, 0.4) is 0 Å². The third-order valence-corrected chi connectivity index (χ3v) is 2.61. The maximum Gasteiger partial charge on any atom is 0.318 e. The van der Waals surface area contributed by atoms with Crippen LogP contribution in [0.1, 0.15) is 33.1 Å².